The predicted octanol–water partition coefficient (Wildman–Crippen LogP) is 6.22. The molecule has 0 bridgehead atoms. The molecule has 1 unspecified atom stereocenters. The molecule has 2 aliphatic rings. The van der Waals surface area contributed by atoms with Gasteiger partial charge in [0.25, 0.3) is 0 Å². The lowest BCUT2D eigenvalue weighted by molar-refractivity contribution is -0.133. The van der Waals surface area contributed by atoms with E-state index in [1.165, 1.54) is 5.56 Å². The van der Waals surface area contributed by atoms with Crippen molar-refractivity contribution >= 4 is 22.9 Å². The van der Waals surface area contributed by atoms with Crippen molar-refractivity contribution in [1.29, 1.82) is 0 Å². The molecular formula is C40H46N6O4. The molecule has 0 spiro atoms. The number of para-hydroxylation sites is 2. The van der Waals surface area contributed by atoms with Crippen molar-refractivity contribution in [2.75, 3.05) is 52.4 Å². The van der Waals surface area contributed by atoms with Crippen molar-refractivity contribution in [3.63, 3.8) is 0 Å². The van der Waals surface area contributed by atoms with E-state index in [2.05, 4.69) is 56.2 Å². The van der Waals surface area contributed by atoms with Crippen LogP contribution in [-0.4, -0.2) is 84.2 Å². The van der Waals surface area contributed by atoms with Crippen molar-refractivity contribution in [3.05, 3.63) is 108 Å². The number of nitrogens with one attached hydrogen (secondary N) is 1. The fourth-order valence-corrected chi connectivity index (χ4v) is 7.78. The molecule has 0 saturated carbocycles. The number of amides is 1. The van der Waals surface area contributed by atoms with Gasteiger partial charge in [-0.15, -0.1) is 0 Å². The Kier molecular flexibility index (Phi) is 9.89. The number of anilines is 1. The van der Waals surface area contributed by atoms with E-state index < -0.39 is 5.41 Å². The Morgan fingerprint density at radius 1 is 0.860 bits per heavy atom. The summed E-state index contributed by atoms with van der Waals surface area (Å²) >= 11 is 0. The number of imidazole rings is 1. The van der Waals surface area contributed by atoms with Gasteiger partial charge in [-0.05, 0) is 85.3 Å². The molecule has 10 nitrogen and oxygen atoms in total. The van der Waals surface area contributed by atoms with Gasteiger partial charge >= 0.3 is 0 Å². The van der Waals surface area contributed by atoms with Gasteiger partial charge in [0.2, 0.25) is 17.6 Å². The van der Waals surface area contributed by atoms with Gasteiger partial charge in [-0.25, -0.2) is 4.98 Å². The van der Waals surface area contributed by atoms with E-state index in [-0.39, 0.29) is 5.91 Å². The number of methoxy groups -OCH3 is 3. The van der Waals surface area contributed by atoms with Crippen LogP contribution in [0.3, 0.4) is 0 Å². The third-order valence-corrected chi connectivity index (χ3v) is 10.5. The Balaban J connectivity index is 1.05. The van der Waals surface area contributed by atoms with Gasteiger partial charge in [-0.3, -0.25) is 9.78 Å². The van der Waals surface area contributed by atoms with Crippen LogP contribution in [-0.2, 0) is 23.3 Å². The number of piperidine rings is 1. The highest BCUT2D eigenvalue weighted by Crippen LogP contribution is 2.42. The third kappa shape index (κ3) is 6.72. The Morgan fingerprint density at radius 3 is 2.24 bits per heavy atom. The van der Waals surface area contributed by atoms with Gasteiger partial charge in [0, 0.05) is 51.2 Å². The highest BCUT2D eigenvalue weighted by Gasteiger charge is 2.47. The Bertz CT molecular complexity index is 1830. The van der Waals surface area contributed by atoms with Gasteiger partial charge in [0.15, 0.2) is 11.5 Å². The summed E-state index contributed by atoms with van der Waals surface area (Å²) in [6, 6.07) is 26.9. The fourth-order valence-electron chi connectivity index (χ4n) is 7.78. The minimum absolute atomic E-state index is 0.181. The highest BCUT2D eigenvalue weighted by molar-refractivity contribution is 5.90. The summed E-state index contributed by atoms with van der Waals surface area (Å²) in [5, 5.41) is 0. The molecule has 7 rings (SSSR count). The van der Waals surface area contributed by atoms with E-state index >= 15 is 0 Å². The number of carbonyl (C=O) groups excluding carboxylic acids is 1. The van der Waals surface area contributed by atoms with E-state index in [1.54, 1.807) is 21.3 Å². The van der Waals surface area contributed by atoms with Crippen LogP contribution in [0.25, 0.3) is 11.0 Å². The molecule has 5 aromatic rings. The molecule has 50 heavy (non-hydrogen) atoms. The molecule has 0 aliphatic carbocycles. The SMILES string of the molecule is COc1cc(CN2CCC(CCN3CCC(N(Cc4ccncc4)c4nc5ccccc5[nH]4)CC3)(c3ccccc3)C2=O)cc(OC)c1OC. The number of likely N-dealkylation sites (tertiary alicyclic amines) is 2. The standard InChI is InChI=1S/C40H46N6O4/c1-48-35-25-30(26-36(49-2)37(35)50-3)27-45-24-18-40(38(45)47,31-9-5-4-6-10-31)17-23-44-21-15-32(16-22-44)46(28-29-13-19-41-20-14-29)39-42-33-11-7-8-12-34(33)43-39/h4-14,19-20,25-26,32H,15-18,21-24,27-28H2,1-3H3,(H,42,43). The minimum Gasteiger partial charge on any atom is -0.493 e. The molecule has 1 N–H and O–H groups in total. The largest absolute Gasteiger partial charge is 0.493 e. The number of rotatable bonds is 13. The summed E-state index contributed by atoms with van der Waals surface area (Å²) in [6.07, 6.45) is 7.29. The first-order chi connectivity index (χ1) is 24.5. The molecule has 3 aromatic carbocycles. The Hall–Kier alpha value is -5.09. The third-order valence-electron chi connectivity index (χ3n) is 10.5. The number of H-pyrrole nitrogens is 1. The predicted molar refractivity (Wildman–Crippen MR) is 195 cm³/mol. The van der Waals surface area contributed by atoms with E-state index in [9.17, 15) is 4.79 Å². The smallest absolute Gasteiger partial charge is 0.233 e. The zero-order chi connectivity index (χ0) is 34.5. The van der Waals surface area contributed by atoms with Crippen molar-refractivity contribution in [2.45, 2.75) is 50.2 Å². The topological polar surface area (TPSA) is 96.1 Å². The van der Waals surface area contributed by atoms with Gasteiger partial charge in [-0.2, -0.15) is 0 Å². The molecule has 260 valence electrons. The summed E-state index contributed by atoms with van der Waals surface area (Å²) in [5.74, 6) is 2.82. The normalized spacial score (nSPS) is 18.5. The second-order valence-electron chi connectivity index (χ2n) is 13.3. The monoisotopic (exact) mass is 674 g/mol. The van der Waals surface area contributed by atoms with Crippen LogP contribution in [0, 0.1) is 0 Å². The number of fused-ring (bicyclic) bond motifs is 1. The maximum absolute atomic E-state index is 14.5. The van der Waals surface area contributed by atoms with Crippen molar-refractivity contribution < 1.29 is 19.0 Å². The maximum Gasteiger partial charge on any atom is 0.233 e. The zero-order valence-corrected chi connectivity index (χ0v) is 29.2. The molecule has 0 radical (unpaired) electrons. The molecule has 1 amide bonds. The number of ether oxygens (including phenoxy) is 3. The number of hydrogen-bond donors (Lipinski definition) is 1. The van der Waals surface area contributed by atoms with Crippen molar-refractivity contribution in [3.8, 4) is 17.2 Å². The molecule has 2 aromatic heterocycles. The number of hydrogen-bond acceptors (Lipinski definition) is 8. The molecule has 1 atom stereocenters. The minimum atomic E-state index is -0.569. The van der Waals surface area contributed by atoms with E-state index in [1.807, 2.05) is 59.8 Å². The van der Waals surface area contributed by atoms with Crippen LogP contribution in [0.1, 0.15) is 42.4 Å². The number of nitrogens with zero attached hydrogens (tertiary/aromatic N) is 5. The number of carbonyl (C=O) groups is 1. The fraction of sp³-hybridized carbons (Fsp3) is 0.375. The molecule has 4 heterocycles. The van der Waals surface area contributed by atoms with Gasteiger partial charge in [0.05, 0.1) is 37.8 Å². The van der Waals surface area contributed by atoms with Crippen LogP contribution in [0.15, 0.2) is 91.3 Å². The molecular weight excluding hydrogens is 628 g/mol. The summed E-state index contributed by atoms with van der Waals surface area (Å²) in [6.45, 7) is 4.72. The van der Waals surface area contributed by atoms with Crippen molar-refractivity contribution in [1.82, 2.24) is 24.8 Å². The van der Waals surface area contributed by atoms with Crippen LogP contribution >= 0.6 is 0 Å². The molecule has 2 fully saturated rings. The lowest BCUT2D eigenvalue weighted by atomic mass is 9.76. The first-order valence-corrected chi connectivity index (χ1v) is 17.5. The first-order valence-electron chi connectivity index (χ1n) is 17.5. The van der Waals surface area contributed by atoms with Gasteiger partial charge in [0.1, 0.15) is 0 Å². The Labute approximate surface area is 294 Å². The lowest BCUT2D eigenvalue weighted by Gasteiger charge is -2.39. The second-order valence-corrected chi connectivity index (χ2v) is 13.3. The summed E-state index contributed by atoms with van der Waals surface area (Å²) < 4.78 is 16.7. The quantitative estimate of drug-likeness (QED) is 0.158. The highest BCUT2D eigenvalue weighted by atomic mass is 16.5. The summed E-state index contributed by atoms with van der Waals surface area (Å²) in [4.78, 5) is 34.2. The Morgan fingerprint density at radius 2 is 1.56 bits per heavy atom. The summed E-state index contributed by atoms with van der Waals surface area (Å²) in [7, 11) is 4.82. The summed E-state index contributed by atoms with van der Waals surface area (Å²) in [5.41, 5.74) is 4.71. The van der Waals surface area contributed by atoms with E-state index in [0.29, 0.717) is 36.4 Å². The van der Waals surface area contributed by atoms with Crippen LogP contribution in [0.4, 0.5) is 5.95 Å². The average molecular weight is 675 g/mol. The number of benzene rings is 3. The van der Waals surface area contributed by atoms with E-state index in [0.717, 1.165) is 80.0 Å². The maximum atomic E-state index is 14.5. The van der Waals surface area contributed by atoms with Crippen LogP contribution in [0.5, 0.6) is 17.2 Å². The molecule has 2 saturated heterocycles. The molecule has 10 heteroatoms. The number of aromatic nitrogens is 3. The zero-order valence-electron chi connectivity index (χ0n) is 29.2. The van der Waals surface area contributed by atoms with E-state index in [4.69, 9.17) is 19.2 Å². The average Bonchev–Trinajstić information content (AvgIpc) is 3.74. The van der Waals surface area contributed by atoms with Gasteiger partial charge in [-0.1, -0.05) is 42.5 Å². The number of aromatic amines is 1. The lowest BCUT2D eigenvalue weighted by Crippen LogP contribution is -2.47. The van der Waals surface area contributed by atoms with Crippen LogP contribution < -0.4 is 19.1 Å². The first kappa shape index (κ1) is 33.4. The van der Waals surface area contributed by atoms with Crippen LogP contribution in [0.2, 0.25) is 0 Å². The van der Waals surface area contributed by atoms with Gasteiger partial charge < -0.3 is 33.9 Å². The molecule has 2 aliphatic heterocycles. The van der Waals surface area contributed by atoms with Crippen molar-refractivity contribution in [2.24, 2.45) is 0 Å². The number of pyridine rings is 1. The second kappa shape index (κ2) is 14.8.